The lowest BCUT2D eigenvalue weighted by molar-refractivity contribution is 0.175. The topological polar surface area (TPSA) is 32.3 Å². The van der Waals surface area contributed by atoms with Gasteiger partial charge in [-0.25, -0.2) is 4.79 Å². The summed E-state index contributed by atoms with van der Waals surface area (Å²) >= 11 is 0. The van der Waals surface area contributed by atoms with Crippen LogP contribution >= 0.6 is 0 Å². The van der Waals surface area contributed by atoms with Crippen molar-refractivity contribution >= 4 is 6.03 Å². The van der Waals surface area contributed by atoms with E-state index >= 15 is 0 Å². The first kappa shape index (κ1) is 11.9. The number of hydrogen-bond acceptors (Lipinski definition) is 1. The first-order valence-corrected chi connectivity index (χ1v) is 5.63. The average Bonchev–Trinajstić information content (AvgIpc) is 2.37. The number of hydrogen-bond donors (Lipinski definition) is 1. The molecule has 15 heavy (non-hydrogen) atoms. The minimum absolute atomic E-state index is 0.0193. The van der Waals surface area contributed by atoms with Crippen LogP contribution in [0.25, 0.3) is 0 Å². The quantitative estimate of drug-likeness (QED) is 0.655. The van der Waals surface area contributed by atoms with Gasteiger partial charge < -0.3 is 10.2 Å². The zero-order chi connectivity index (χ0) is 11.3. The number of rotatable bonds is 1. The first-order chi connectivity index (χ1) is 7.15. The number of urea groups is 1. The molecule has 1 rings (SSSR count). The first-order valence-electron chi connectivity index (χ1n) is 5.63. The van der Waals surface area contributed by atoms with Crippen LogP contribution in [0.4, 0.5) is 4.79 Å². The molecule has 2 unspecified atom stereocenters. The smallest absolute Gasteiger partial charge is 0.318 e. The van der Waals surface area contributed by atoms with Crippen LogP contribution in [0.15, 0.2) is 0 Å². The standard InChI is InChI=1S/C12H20N2O/c1-4-8-13-12(15)14-9-10(2)6-5-7-11(14)3/h1,10-11H,5-9H2,2-3H3,(H,13,15). The summed E-state index contributed by atoms with van der Waals surface area (Å²) in [7, 11) is 0. The van der Waals surface area contributed by atoms with E-state index in [9.17, 15) is 4.79 Å². The molecule has 0 aliphatic carbocycles. The molecule has 3 heteroatoms. The van der Waals surface area contributed by atoms with Crippen LogP contribution in [0.2, 0.25) is 0 Å². The summed E-state index contributed by atoms with van der Waals surface area (Å²) in [6, 6.07) is 0.307. The largest absolute Gasteiger partial charge is 0.327 e. The molecule has 84 valence electrons. The average molecular weight is 208 g/mol. The van der Waals surface area contributed by atoms with Gasteiger partial charge in [0.15, 0.2) is 0 Å². The fourth-order valence-corrected chi connectivity index (χ4v) is 2.04. The van der Waals surface area contributed by atoms with Crippen LogP contribution in [-0.4, -0.2) is 30.1 Å². The van der Waals surface area contributed by atoms with Gasteiger partial charge in [0.2, 0.25) is 0 Å². The molecule has 0 aromatic heterocycles. The van der Waals surface area contributed by atoms with Crippen molar-refractivity contribution < 1.29 is 4.79 Å². The van der Waals surface area contributed by atoms with Gasteiger partial charge in [0.1, 0.15) is 0 Å². The summed E-state index contributed by atoms with van der Waals surface area (Å²) in [5.41, 5.74) is 0. The summed E-state index contributed by atoms with van der Waals surface area (Å²) < 4.78 is 0. The third kappa shape index (κ3) is 3.47. The highest BCUT2D eigenvalue weighted by molar-refractivity contribution is 5.74. The minimum Gasteiger partial charge on any atom is -0.327 e. The number of nitrogens with one attached hydrogen (secondary N) is 1. The highest BCUT2D eigenvalue weighted by Gasteiger charge is 2.24. The molecule has 0 radical (unpaired) electrons. The predicted molar refractivity (Wildman–Crippen MR) is 61.4 cm³/mol. The predicted octanol–water partition coefficient (Wildman–Crippen LogP) is 1.84. The van der Waals surface area contributed by atoms with Gasteiger partial charge in [0, 0.05) is 12.6 Å². The Bertz CT molecular complexity index is 257. The molecule has 2 atom stereocenters. The molecule has 0 saturated carbocycles. The lowest BCUT2D eigenvalue weighted by atomic mass is 10.1. The molecule has 0 spiro atoms. The second-order valence-electron chi connectivity index (χ2n) is 4.40. The SMILES string of the molecule is C#CCNC(=O)N1CC(C)CCCC1C. The maximum absolute atomic E-state index is 11.8. The van der Waals surface area contributed by atoms with Crippen LogP contribution in [0.1, 0.15) is 33.1 Å². The molecule has 1 aliphatic rings. The Balaban J connectivity index is 2.55. The Labute approximate surface area is 92.2 Å². The van der Waals surface area contributed by atoms with E-state index in [1.54, 1.807) is 0 Å². The van der Waals surface area contributed by atoms with Crippen molar-refractivity contribution in [1.29, 1.82) is 0 Å². The van der Waals surface area contributed by atoms with E-state index in [2.05, 4.69) is 25.1 Å². The van der Waals surface area contributed by atoms with Gasteiger partial charge in [0.05, 0.1) is 6.54 Å². The van der Waals surface area contributed by atoms with Gasteiger partial charge in [-0.1, -0.05) is 19.3 Å². The molecule has 0 bridgehead atoms. The fourth-order valence-electron chi connectivity index (χ4n) is 2.04. The van der Waals surface area contributed by atoms with Gasteiger partial charge >= 0.3 is 6.03 Å². The Kier molecular flexibility index (Phi) is 4.48. The van der Waals surface area contributed by atoms with E-state index in [1.807, 2.05) is 4.90 Å². The van der Waals surface area contributed by atoms with Crippen LogP contribution < -0.4 is 5.32 Å². The molecule has 3 nitrogen and oxygen atoms in total. The molecule has 1 saturated heterocycles. The summed E-state index contributed by atoms with van der Waals surface area (Å²) in [5, 5.41) is 2.73. The monoisotopic (exact) mass is 208 g/mol. The fraction of sp³-hybridized carbons (Fsp3) is 0.750. The van der Waals surface area contributed by atoms with Crippen molar-refractivity contribution in [3.05, 3.63) is 0 Å². The Morgan fingerprint density at radius 1 is 1.53 bits per heavy atom. The van der Waals surface area contributed by atoms with Crippen LogP contribution in [0.3, 0.4) is 0 Å². The number of carbonyl (C=O) groups excluding carboxylic acids is 1. The maximum atomic E-state index is 11.8. The normalized spacial score (nSPS) is 26.6. The molecule has 1 N–H and O–H groups in total. The molecular formula is C12H20N2O. The Morgan fingerprint density at radius 2 is 2.27 bits per heavy atom. The van der Waals surface area contributed by atoms with E-state index in [0.29, 0.717) is 18.5 Å². The van der Waals surface area contributed by atoms with Gasteiger partial charge in [-0.2, -0.15) is 0 Å². The summed E-state index contributed by atoms with van der Waals surface area (Å²) in [6.07, 6.45) is 8.63. The molecule has 0 aromatic carbocycles. The van der Waals surface area contributed by atoms with E-state index in [1.165, 1.54) is 12.8 Å². The van der Waals surface area contributed by atoms with Gasteiger partial charge in [-0.05, 0) is 25.7 Å². The van der Waals surface area contributed by atoms with Gasteiger partial charge in [-0.3, -0.25) is 0 Å². The summed E-state index contributed by atoms with van der Waals surface area (Å²) in [5.74, 6) is 3.01. The lowest BCUT2D eigenvalue weighted by Gasteiger charge is -2.28. The third-order valence-corrected chi connectivity index (χ3v) is 2.96. The summed E-state index contributed by atoms with van der Waals surface area (Å²) in [6.45, 7) is 5.46. The number of likely N-dealkylation sites (tertiary alicyclic amines) is 1. The zero-order valence-electron chi connectivity index (χ0n) is 9.62. The highest BCUT2D eigenvalue weighted by atomic mass is 16.2. The van der Waals surface area contributed by atoms with E-state index in [-0.39, 0.29) is 6.03 Å². The van der Waals surface area contributed by atoms with Crippen molar-refractivity contribution in [2.45, 2.75) is 39.2 Å². The highest BCUT2D eigenvalue weighted by Crippen LogP contribution is 2.20. The van der Waals surface area contributed by atoms with Gasteiger partial charge in [0.25, 0.3) is 0 Å². The molecule has 1 heterocycles. The van der Waals surface area contributed by atoms with Crippen LogP contribution in [0.5, 0.6) is 0 Å². The Hall–Kier alpha value is -1.17. The number of amides is 2. The molecule has 2 amide bonds. The van der Waals surface area contributed by atoms with E-state index in [0.717, 1.165) is 13.0 Å². The number of terminal acetylenes is 1. The molecular weight excluding hydrogens is 188 g/mol. The Morgan fingerprint density at radius 3 is 2.93 bits per heavy atom. The van der Waals surface area contributed by atoms with E-state index in [4.69, 9.17) is 6.42 Å². The lowest BCUT2D eigenvalue weighted by Crippen LogP contribution is -2.46. The van der Waals surface area contributed by atoms with Crippen LogP contribution in [0, 0.1) is 18.3 Å². The van der Waals surface area contributed by atoms with Crippen molar-refractivity contribution in [2.75, 3.05) is 13.1 Å². The molecule has 1 aliphatic heterocycles. The second kappa shape index (κ2) is 5.65. The van der Waals surface area contributed by atoms with Crippen molar-refractivity contribution in [1.82, 2.24) is 10.2 Å². The zero-order valence-corrected chi connectivity index (χ0v) is 9.62. The van der Waals surface area contributed by atoms with Crippen molar-refractivity contribution in [3.63, 3.8) is 0 Å². The summed E-state index contributed by atoms with van der Waals surface area (Å²) in [4.78, 5) is 13.7. The number of nitrogens with zero attached hydrogens (tertiary/aromatic N) is 1. The maximum Gasteiger partial charge on any atom is 0.318 e. The number of carbonyl (C=O) groups is 1. The second-order valence-corrected chi connectivity index (χ2v) is 4.40. The molecule has 0 aromatic rings. The van der Waals surface area contributed by atoms with Crippen molar-refractivity contribution in [2.24, 2.45) is 5.92 Å². The van der Waals surface area contributed by atoms with Crippen LogP contribution in [-0.2, 0) is 0 Å². The van der Waals surface area contributed by atoms with Gasteiger partial charge in [-0.15, -0.1) is 6.42 Å². The van der Waals surface area contributed by atoms with Crippen molar-refractivity contribution in [3.8, 4) is 12.3 Å². The molecule has 1 fully saturated rings. The van der Waals surface area contributed by atoms with E-state index < -0.39 is 0 Å². The third-order valence-electron chi connectivity index (χ3n) is 2.96. The minimum atomic E-state index is -0.0193.